The molecule has 7 heteroatoms. The van der Waals surface area contributed by atoms with Gasteiger partial charge in [-0.25, -0.2) is 13.4 Å². The summed E-state index contributed by atoms with van der Waals surface area (Å²) in [5, 5.41) is 2.06. The predicted molar refractivity (Wildman–Crippen MR) is 84.2 cm³/mol. The molecule has 0 aromatic carbocycles. The summed E-state index contributed by atoms with van der Waals surface area (Å²) in [5.41, 5.74) is 1.12. The van der Waals surface area contributed by atoms with Crippen molar-refractivity contribution in [2.24, 2.45) is 0 Å². The molecule has 0 saturated carbocycles. The first-order chi connectivity index (χ1) is 10.1. The van der Waals surface area contributed by atoms with E-state index in [1.165, 1.54) is 17.1 Å². The highest BCUT2D eigenvalue weighted by Gasteiger charge is 2.37. The topological polar surface area (TPSA) is 50.3 Å². The van der Waals surface area contributed by atoms with Crippen LogP contribution in [0, 0.1) is 0 Å². The molecule has 1 aliphatic rings. The highest BCUT2D eigenvalue weighted by molar-refractivity contribution is 7.89. The lowest BCUT2D eigenvalue weighted by Gasteiger charge is -2.34. The largest absolute Gasteiger partial charge is 0.246 e. The third-order valence-corrected chi connectivity index (χ3v) is 7.09. The molecule has 3 rings (SSSR count). The Hall–Kier alpha value is -0.950. The second-order valence-electron chi connectivity index (χ2n) is 4.88. The summed E-state index contributed by atoms with van der Waals surface area (Å²) in [6.07, 6.45) is 2.98. The van der Waals surface area contributed by atoms with E-state index in [2.05, 4.69) is 4.98 Å². The minimum absolute atomic E-state index is 0.0310. The second kappa shape index (κ2) is 5.68. The van der Waals surface area contributed by atoms with Crippen LogP contribution in [0.5, 0.6) is 0 Å². The number of nitrogens with zero attached hydrogens (tertiary/aromatic N) is 2. The lowest BCUT2D eigenvalue weighted by molar-refractivity contribution is 0.303. The zero-order valence-corrected chi connectivity index (χ0v) is 13.9. The molecule has 3 heterocycles. The van der Waals surface area contributed by atoms with E-state index in [0.717, 1.165) is 18.4 Å². The first-order valence-electron chi connectivity index (χ1n) is 6.74. The van der Waals surface area contributed by atoms with Gasteiger partial charge in [0, 0.05) is 17.6 Å². The van der Waals surface area contributed by atoms with Crippen LogP contribution in [-0.4, -0.2) is 24.3 Å². The van der Waals surface area contributed by atoms with E-state index >= 15 is 0 Å². The molecule has 0 amide bonds. The van der Waals surface area contributed by atoms with Gasteiger partial charge >= 0.3 is 0 Å². The number of sulfonamides is 1. The summed E-state index contributed by atoms with van der Waals surface area (Å²) in [5.74, 6) is 0. The molecule has 1 aliphatic heterocycles. The van der Waals surface area contributed by atoms with E-state index in [1.807, 2.05) is 18.4 Å². The quantitative estimate of drug-likeness (QED) is 0.802. The maximum Gasteiger partial charge on any atom is 0.246 e. The average Bonchev–Trinajstić information content (AvgIpc) is 2.94. The number of hydrogen-bond acceptors (Lipinski definition) is 4. The Bertz CT molecular complexity index is 758. The Morgan fingerprint density at radius 2 is 2.29 bits per heavy atom. The van der Waals surface area contributed by atoms with Crippen molar-refractivity contribution in [3.8, 4) is 0 Å². The minimum atomic E-state index is -3.63. The van der Waals surface area contributed by atoms with Crippen LogP contribution in [0.4, 0.5) is 0 Å². The van der Waals surface area contributed by atoms with Crippen molar-refractivity contribution in [3.05, 3.63) is 45.4 Å². The third kappa shape index (κ3) is 2.50. The molecular weight excluding hydrogens is 328 g/mol. The Balaban J connectivity index is 2.06. The fourth-order valence-corrected chi connectivity index (χ4v) is 5.81. The van der Waals surface area contributed by atoms with Crippen LogP contribution in [-0.2, 0) is 16.4 Å². The van der Waals surface area contributed by atoms with Crippen LogP contribution in [0.1, 0.15) is 29.8 Å². The molecule has 112 valence electrons. The Morgan fingerprint density at radius 3 is 3.00 bits per heavy atom. The van der Waals surface area contributed by atoms with Crippen LogP contribution in [0.25, 0.3) is 0 Å². The number of fused-ring (bicyclic) bond motifs is 1. The third-order valence-electron chi connectivity index (χ3n) is 3.74. The molecule has 2 aromatic heterocycles. The van der Waals surface area contributed by atoms with Gasteiger partial charge in [0.2, 0.25) is 10.0 Å². The highest BCUT2D eigenvalue weighted by Crippen LogP contribution is 2.39. The number of thiophene rings is 1. The van der Waals surface area contributed by atoms with Gasteiger partial charge in [-0.2, -0.15) is 4.31 Å². The summed E-state index contributed by atoms with van der Waals surface area (Å²) in [6, 6.07) is 5.02. The molecule has 21 heavy (non-hydrogen) atoms. The van der Waals surface area contributed by atoms with Crippen LogP contribution in [0.15, 0.2) is 34.7 Å². The van der Waals surface area contributed by atoms with Crippen molar-refractivity contribution < 1.29 is 8.42 Å². The molecule has 0 radical (unpaired) electrons. The van der Waals surface area contributed by atoms with Crippen molar-refractivity contribution in [2.45, 2.75) is 30.7 Å². The summed E-state index contributed by atoms with van der Waals surface area (Å²) < 4.78 is 27.4. The highest BCUT2D eigenvalue weighted by atomic mass is 35.5. The first kappa shape index (κ1) is 15.0. The van der Waals surface area contributed by atoms with Gasteiger partial charge in [-0.05, 0) is 42.0 Å². The molecule has 0 bridgehead atoms. The van der Waals surface area contributed by atoms with Crippen LogP contribution >= 0.6 is 22.9 Å². The number of pyridine rings is 1. The zero-order chi connectivity index (χ0) is 15.0. The summed E-state index contributed by atoms with van der Waals surface area (Å²) in [6.45, 7) is 2.49. The van der Waals surface area contributed by atoms with Crippen molar-refractivity contribution in [2.75, 3.05) is 6.54 Å². The first-order valence-corrected chi connectivity index (χ1v) is 9.44. The van der Waals surface area contributed by atoms with E-state index in [4.69, 9.17) is 11.6 Å². The van der Waals surface area contributed by atoms with Crippen LogP contribution in [0.3, 0.4) is 0 Å². The number of halogens is 1. The summed E-state index contributed by atoms with van der Waals surface area (Å²) in [4.78, 5) is 5.26. The number of rotatable bonds is 3. The molecule has 1 atom stereocenters. The van der Waals surface area contributed by atoms with E-state index < -0.39 is 10.0 Å². The van der Waals surface area contributed by atoms with Crippen molar-refractivity contribution in [1.29, 1.82) is 0 Å². The number of hydrogen-bond donors (Lipinski definition) is 0. The molecule has 0 aliphatic carbocycles. The minimum Gasteiger partial charge on any atom is -0.243 e. The van der Waals surface area contributed by atoms with Gasteiger partial charge in [-0.3, -0.25) is 0 Å². The van der Waals surface area contributed by atoms with Gasteiger partial charge in [-0.1, -0.05) is 18.5 Å². The zero-order valence-electron chi connectivity index (χ0n) is 11.5. The van der Waals surface area contributed by atoms with E-state index in [9.17, 15) is 8.42 Å². The maximum absolute atomic E-state index is 12.9. The summed E-state index contributed by atoms with van der Waals surface area (Å²) >= 11 is 7.68. The molecule has 0 saturated heterocycles. The molecule has 1 unspecified atom stereocenters. The van der Waals surface area contributed by atoms with Gasteiger partial charge in [0.15, 0.2) is 0 Å². The van der Waals surface area contributed by atoms with Gasteiger partial charge in [-0.15, -0.1) is 11.3 Å². The Kier molecular flexibility index (Phi) is 4.05. The van der Waals surface area contributed by atoms with E-state index in [-0.39, 0.29) is 16.1 Å². The normalized spacial score (nSPS) is 19.4. The Labute approximate surface area is 133 Å². The van der Waals surface area contributed by atoms with Crippen LogP contribution in [0.2, 0.25) is 5.15 Å². The number of aromatic nitrogens is 1. The van der Waals surface area contributed by atoms with Crippen molar-refractivity contribution in [3.63, 3.8) is 0 Å². The van der Waals surface area contributed by atoms with E-state index in [1.54, 1.807) is 21.7 Å². The summed E-state index contributed by atoms with van der Waals surface area (Å²) in [7, 11) is -3.63. The fraction of sp³-hybridized carbons (Fsp3) is 0.357. The van der Waals surface area contributed by atoms with Gasteiger partial charge in [0.05, 0.1) is 6.04 Å². The van der Waals surface area contributed by atoms with Gasteiger partial charge in [0.1, 0.15) is 10.0 Å². The van der Waals surface area contributed by atoms with Gasteiger partial charge in [0.25, 0.3) is 0 Å². The molecular formula is C14H15ClN2O2S2. The second-order valence-corrected chi connectivity index (χ2v) is 8.10. The average molecular weight is 343 g/mol. The van der Waals surface area contributed by atoms with Crippen molar-refractivity contribution in [1.82, 2.24) is 9.29 Å². The fourth-order valence-electron chi connectivity index (χ4n) is 2.77. The molecule has 0 N–H and O–H groups in total. The predicted octanol–water partition coefficient (Wildman–Crippen LogP) is 3.49. The van der Waals surface area contributed by atoms with E-state index in [0.29, 0.717) is 6.54 Å². The smallest absolute Gasteiger partial charge is 0.243 e. The molecule has 0 spiro atoms. The monoisotopic (exact) mass is 342 g/mol. The van der Waals surface area contributed by atoms with Crippen LogP contribution < -0.4 is 0 Å². The maximum atomic E-state index is 12.9. The Morgan fingerprint density at radius 1 is 1.48 bits per heavy atom. The standard InChI is InChI=1S/C14H15ClN2O2S2/c1-2-11-10-6-9-20-12(10)5-8-17(11)21(18,19)13-4-3-7-16-14(13)15/h3-4,6-7,9,11H,2,5,8H2,1H3. The van der Waals surface area contributed by atoms with Crippen molar-refractivity contribution >= 4 is 33.0 Å². The molecule has 4 nitrogen and oxygen atoms in total. The molecule has 2 aromatic rings. The molecule has 0 fully saturated rings. The lowest BCUT2D eigenvalue weighted by Crippen LogP contribution is -2.39. The SMILES string of the molecule is CCC1c2ccsc2CCN1S(=O)(=O)c1cccnc1Cl. The lowest BCUT2D eigenvalue weighted by atomic mass is 10.0. The van der Waals surface area contributed by atoms with Gasteiger partial charge < -0.3 is 0 Å².